The quantitative estimate of drug-likeness (QED) is 0.769. The minimum absolute atomic E-state index is 0.0700. The molecule has 1 heterocycles. The highest BCUT2D eigenvalue weighted by atomic mass is 16.3. The van der Waals surface area contributed by atoms with Gasteiger partial charge >= 0.3 is 0 Å². The van der Waals surface area contributed by atoms with Gasteiger partial charge in [0.2, 0.25) is 0 Å². The molecule has 94 valence electrons. The molecule has 0 radical (unpaired) electrons. The van der Waals surface area contributed by atoms with E-state index in [2.05, 4.69) is 23.6 Å². The topological polar surface area (TPSA) is 26.7 Å². The Morgan fingerprint density at radius 1 is 1.00 bits per heavy atom. The highest BCUT2D eigenvalue weighted by molar-refractivity contribution is 4.86. The normalized spacial score (nSPS) is 34.5. The summed E-state index contributed by atoms with van der Waals surface area (Å²) in [6, 6.07) is 1.11. The lowest BCUT2D eigenvalue weighted by Crippen LogP contribution is -2.55. The highest BCUT2D eigenvalue weighted by Gasteiger charge is 2.31. The van der Waals surface area contributed by atoms with E-state index in [4.69, 9.17) is 0 Å². The van der Waals surface area contributed by atoms with Gasteiger partial charge in [0.05, 0.1) is 6.10 Å². The van der Waals surface area contributed by atoms with Crippen LogP contribution in [0.25, 0.3) is 0 Å². The van der Waals surface area contributed by atoms with E-state index in [1.165, 1.54) is 32.4 Å². The molecular weight excluding hydrogens is 200 g/mol. The lowest BCUT2D eigenvalue weighted by Gasteiger charge is -2.43. The molecule has 1 aliphatic carbocycles. The molecule has 2 fully saturated rings. The molecule has 0 aromatic heterocycles. The fourth-order valence-corrected chi connectivity index (χ4v) is 3.10. The van der Waals surface area contributed by atoms with Crippen molar-refractivity contribution in [1.82, 2.24) is 9.80 Å². The van der Waals surface area contributed by atoms with Gasteiger partial charge in [-0.15, -0.1) is 0 Å². The van der Waals surface area contributed by atoms with E-state index in [9.17, 15) is 5.11 Å². The van der Waals surface area contributed by atoms with Crippen LogP contribution in [0.15, 0.2) is 0 Å². The number of hydrogen-bond donors (Lipinski definition) is 1. The molecule has 1 saturated heterocycles. The van der Waals surface area contributed by atoms with E-state index < -0.39 is 0 Å². The van der Waals surface area contributed by atoms with Crippen LogP contribution in [-0.4, -0.2) is 59.3 Å². The molecule has 0 bridgehead atoms. The van der Waals surface area contributed by atoms with E-state index in [0.29, 0.717) is 12.1 Å². The molecule has 1 aliphatic heterocycles. The van der Waals surface area contributed by atoms with Gasteiger partial charge in [-0.3, -0.25) is 9.80 Å². The maximum Gasteiger partial charge on any atom is 0.0695 e. The number of piperazine rings is 1. The van der Waals surface area contributed by atoms with Crippen molar-refractivity contribution in [2.45, 2.75) is 57.7 Å². The Bertz CT molecular complexity index is 212. The van der Waals surface area contributed by atoms with Crippen LogP contribution in [0.5, 0.6) is 0 Å². The first-order valence-corrected chi connectivity index (χ1v) is 6.84. The van der Waals surface area contributed by atoms with Crippen LogP contribution in [-0.2, 0) is 0 Å². The van der Waals surface area contributed by atoms with E-state index >= 15 is 0 Å². The summed E-state index contributed by atoms with van der Waals surface area (Å²) >= 11 is 0. The first-order valence-electron chi connectivity index (χ1n) is 6.84. The minimum Gasteiger partial charge on any atom is -0.391 e. The summed E-state index contributed by atoms with van der Waals surface area (Å²) in [5.41, 5.74) is 0. The number of nitrogens with zero attached hydrogens (tertiary/aromatic N) is 2. The molecule has 0 amide bonds. The van der Waals surface area contributed by atoms with Gasteiger partial charge in [0.15, 0.2) is 0 Å². The molecule has 1 saturated carbocycles. The molecular formula is C13H26N2O. The van der Waals surface area contributed by atoms with Crippen LogP contribution in [0.3, 0.4) is 0 Å². The van der Waals surface area contributed by atoms with Gasteiger partial charge in [-0.05, 0) is 26.7 Å². The van der Waals surface area contributed by atoms with E-state index in [0.717, 1.165) is 19.5 Å². The van der Waals surface area contributed by atoms with Crippen molar-refractivity contribution in [3.05, 3.63) is 0 Å². The largest absolute Gasteiger partial charge is 0.391 e. The van der Waals surface area contributed by atoms with Crippen LogP contribution >= 0.6 is 0 Å². The monoisotopic (exact) mass is 226 g/mol. The van der Waals surface area contributed by atoms with Crippen LogP contribution in [0.2, 0.25) is 0 Å². The summed E-state index contributed by atoms with van der Waals surface area (Å²) in [7, 11) is 0. The van der Waals surface area contributed by atoms with E-state index in [-0.39, 0.29) is 6.10 Å². The molecule has 0 spiro atoms. The molecule has 3 heteroatoms. The van der Waals surface area contributed by atoms with Gasteiger partial charge in [0, 0.05) is 38.3 Å². The molecule has 1 N–H and O–H groups in total. The first-order chi connectivity index (χ1) is 7.68. The fourth-order valence-electron chi connectivity index (χ4n) is 3.10. The predicted molar refractivity (Wildman–Crippen MR) is 66.5 cm³/mol. The van der Waals surface area contributed by atoms with E-state index in [1.807, 2.05) is 0 Å². The molecule has 0 unspecified atom stereocenters. The standard InChI is InChI=1S/C13H26N2O/c1-11(2)14-7-9-15(10-8-14)12-5-3-4-6-13(12)16/h11-13,16H,3-10H2,1-2H3/t12-,13-/m1/s1. The van der Waals surface area contributed by atoms with Crippen LogP contribution in [0.4, 0.5) is 0 Å². The third kappa shape index (κ3) is 2.76. The summed E-state index contributed by atoms with van der Waals surface area (Å²) in [5, 5.41) is 10.0. The summed E-state index contributed by atoms with van der Waals surface area (Å²) < 4.78 is 0. The Labute approximate surface area is 99.4 Å². The third-order valence-corrected chi connectivity index (χ3v) is 4.24. The second-order valence-electron chi connectivity index (χ2n) is 5.58. The zero-order chi connectivity index (χ0) is 11.5. The molecule has 0 aromatic rings. The Morgan fingerprint density at radius 2 is 1.62 bits per heavy atom. The Balaban J connectivity index is 1.83. The highest BCUT2D eigenvalue weighted by Crippen LogP contribution is 2.24. The van der Waals surface area contributed by atoms with Gasteiger partial charge < -0.3 is 5.11 Å². The molecule has 2 aliphatic rings. The number of hydrogen-bond acceptors (Lipinski definition) is 3. The van der Waals surface area contributed by atoms with Crippen molar-refractivity contribution in [3.63, 3.8) is 0 Å². The van der Waals surface area contributed by atoms with Gasteiger partial charge in [0.25, 0.3) is 0 Å². The van der Waals surface area contributed by atoms with Gasteiger partial charge in [-0.2, -0.15) is 0 Å². The molecule has 2 atom stereocenters. The molecule has 2 rings (SSSR count). The summed E-state index contributed by atoms with van der Waals surface area (Å²) in [4.78, 5) is 5.05. The van der Waals surface area contributed by atoms with Crippen molar-refractivity contribution in [3.8, 4) is 0 Å². The van der Waals surface area contributed by atoms with Crippen molar-refractivity contribution in [1.29, 1.82) is 0 Å². The Morgan fingerprint density at radius 3 is 2.19 bits per heavy atom. The van der Waals surface area contributed by atoms with Gasteiger partial charge in [-0.25, -0.2) is 0 Å². The van der Waals surface area contributed by atoms with Crippen LogP contribution in [0.1, 0.15) is 39.5 Å². The lowest BCUT2D eigenvalue weighted by atomic mass is 9.91. The second-order valence-corrected chi connectivity index (χ2v) is 5.58. The molecule has 16 heavy (non-hydrogen) atoms. The van der Waals surface area contributed by atoms with Gasteiger partial charge in [-0.1, -0.05) is 12.8 Å². The maximum atomic E-state index is 10.0. The molecule has 0 aromatic carbocycles. The minimum atomic E-state index is -0.0700. The predicted octanol–water partition coefficient (Wildman–Crippen LogP) is 1.32. The third-order valence-electron chi connectivity index (χ3n) is 4.24. The summed E-state index contributed by atoms with van der Waals surface area (Å²) in [6.07, 6.45) is 4.65. The van der Waals surface area contributed by atoms with Crippen molar-refractivity contribution >= 4 is 0 Å². The zero-order valence-electron chi connectivity index (χ0n) is 10.7. The van der Waals surface area contributed by atoms with Crippen molar-refractivity contribution < 1.29 is 5.11 Å². The van der Waals surface area contributed by atoms with Crippen molar-refractivity contribution in [2.75, 3.05) is 26.2 Å². The number of rotatable bonds is 2. The second kappa shape index (κ2) is 5.48. The molecule has 3 nitrogen and oxygen atoms in total. The summed E-state index contributed by atoms with van der Waals surface area (Å²) in [6.45, 7) is 9.15. The fraction of sp³-hybridized carbons (Fsp3) is 1.00. The maximum absolute atomic E-state index is 10.0. The van der Waals surface area contributed by atoms with Crippen LogP contribution in [0, 0.1) is 0 Å². The summed E-state index contributed by atoms with van der Waals surface area (Å²) in [5.74, 6) is 0. The van der Waals surface area contributed by atoms with Crippen LogP contribution < -0.4 is 0 Å². The van der Waals surface area contributed by atoms with Gasteiger partial charge in [0.1, 0.15) is 0 Å². The van der Waals surface area contributed by atoms with E-state index in [1.54, 1.807) is 0 Å². The lowest BCUT2D eigenvalue weighted by molar-refractivity contribution is -0.00809. The zero-order valence-corrected chi connectivity index (χ0v) is 10.7. The first kappa shape index (κ1) is 12.3. The average Bonchev–Trinajstić information content (AvgIpc) is 2.30. The number of aliphatic hydroxyl groups is 1. The Kier molecular flexibility index (Phi) is 4.22. The SMILES string of the molecule is CC(C)N1CCN([C@@H]2CCCC[C@H]2O)CC1. The Hall–Kier alpha value is -0.120. The number of aliphatic hydroxyl groups excluding tert-OH is 1. The van der Waals surface area contributed by atoms with Crippen molar-refractivity contribution in [2.24, 2.45) is 0 Å². The smallest absolute Gasteiger partial charge is 0.0695 e. The average molecular weight is 226 g/mol.